The highest BCUT2D eigenvalue weighted by Crippen LogP contribution is 2.23. The van der Waals surface area contributed by atoms with E-state index in [1.165, 1.54) is 0 Å². The van der Waals surface area contributed by atoms with E-state index < -0.39 is 0 Å². The molecule has 0 saturated carbocycles. The summed E-state index contributed by atoms with van der Waals surface area (Å²) in [6.07, 6.45) is 0.679. The van der Waals surface area contributed by atoms with Gasteiger partial charge in [-0.1, -0.05) is 41.0 Å². The van der Waals surface area contributed by atoms with Crippen LogP contribution < -0.4 is 0 Å². The number of rotatable bonds is 3. The molecule has 0 aliphatic heterocycles. The number of hydrogen-bond donors (Lipinski definition) is 0. The van der Waals surface area contributed by atoms with E-state index in [4.69, 9.17) is 20.6 Å². The second-order valence-corrected chi connectivity index (χ2v) is 4.24. The molecule has 0 saturated heterocycles. The quantitative estimate of drug-likeness (QED) is 0.732. The topological polar surface area (TPSA) is 77.8 Å². The van der Waals surface area contributed by atoms with Gasteiger partial charge in [0.25, 0.3) is 0 Å². The number of halogens is 1. The summed E-state index contributed by atoms with van der Waals surface area (Å²) in [6, 6.07) is 7.18. The van der Waals surface area contributed by atoms with Crippen LogP contribution >= 0.6 is 11.6 Å². The second kappa shape index (κ2) is 4.81. The average Bonchev–Trinajstić information content (AvgIpc) is 3.07. The fraction of sp³-hybridized carbons (Fsp3) is 0.167. The molecule has 0 unspecified atom stereocenters. The van der Waals surface area contributed by atoms with E-state index in [0.717, 1.165) is 5.56 Å². The fourth-order valence-electron chi connectivity index (χ4n) is 1.54. The van der Waals surface area contributed by atoms with Gasteiger partial charge in [0, 0.05) is 17.0 Å². The molecule has 0 spiro atoms. The minimum Gasteiger partial charge on any atom is -0.329 e. The molecule has 3 aromatic rings. The first-order valence-electron chi connectivity index (χ1n) is 5.69. The van der Waals surface area contributed by atoms with Gasteiger partial charge < -0.3 is 9.05 Å². The van der Waals surface area contributed by atoms with Gasteiger partial charge in [-0.3, -0.25) is 0 Å². The number of benzene rings is 1. The van der Waals surface area contributed by atoms with Gasteiger partial charge >= 0.3 is 11.8 Å². The molecular formula is C12H9ClN4O2. The molecule has 7 heteroatoms. The predicted molar refractivity (Wildman–Crippen MR) is 67.4 cm³/mol. The van der Waals surface area contributed by atoms with E-state index >= 15 is 0 Å². The van der Waals surface area contributed by atoms with Crippen molar-refractivity contribution in [2.75, 3.05) is 0 Å². The molecule has 96 valence electrons. The Morgan fingerprint density at radius 1 is 1.11 bits per heavy atom. The van der Waals surface area contributed by atoms with Crippen molar-refractivity contribution < 1.29 is 9.05 Å². The summed E-state index contributed by atoms with van der Waals surface area (Å²) < 4.78 is 10.1. The van der Waals surface area contributed by atoms with Crippen molar-refractivity contribution >= 4 is 11.6 Å². The highest BCUT2D eigenvalue weighted by atomic mass is 35.5. The van der Waals surface area contributed by atoms with Crippen LogP contribution in [0.3, 0.4) is 0 Å². The molecule has 0 radical (unpaired) electrons. The fourth-order valence-corrected chi connectivity index (χ4v) is 1.73. The van der Waals surface area contributed by atoms with E-state index in [-0.39, 0.29) is 11.8 Å². The first kappa shape index (κ1) is 11.9. The van der Waals surface area contributed by atoms with Gasteiger partial charge in [0.1, 0.15) is 0 Å². The first-order chi connectivity index (χ1) is 9.26. The largest absolute Gasteiger partial charge is 0.329 e. The van der Waals surface area contributed by atoms with Crippen molar-refractivity contribution in [3.8, 4) is 23.2 Å². The lowest BCUT2D eigenvalue weighted by Crippen LogP contribution is -1.83. The molecule has 0 aliphatic rings. The first-order valence-corrected chi connectivity index (χ1v) is 6.06. The van der Waals surface area contributed by atoms with Gasteiger partial charge in [-0.25, -0.2) is 0 Å². The van der Waals surface area contributed by atoms with Crippen LogP contribution in [0.4, 0.5) is 0 Å². The van der Waals surface area contributed by atoms with Crippen molar-refractivity contribution in [1.29, 1.82) is 0 Å². The highest BCUT2D eigenvalue weighted by molar-refractivity contribution is 6.30. The Morgan fingerprint density at radius 2 is 1.89 bits per heavy atom. The molecule has 0 atom stereocenters. The van der Waals surface area contributed by atoms with Gasteiger partial charge in [0.15, 0.2) is 5.82 Å². The maximum absolute atomic E-state index is 5.91. The lowest BCUT2D eigenvalue weighted by atomic mass is 10.2. The van der Waals surface area contributed by atoms with Crippen molar-refractivity contribution in [2.45, 2.75) is 13.3 Å². The summed E-state index contributed by atoms with van der Waals surface area (Å²) in [6.45, 7) is 1.93. The molecule has 0 fully saturated rings. The Hall–Kier alpha value is -2.21. The van der Waals surface area contributed by atoms with Crippen LogP contribution in [0, 0.1) is 0 Å². The van der Waals surface area contributed by atoms with E-state index in [0.29, 0.717) is 23.1 Å². The maximum atomic E-state index is 5.91. The van der Waals surface area contributed by atoms with Crippen LogP contribution in [0.25, 0.3) is 23.2 Å². The van der Waals surface area contributed by atoms with Gasteiger partial charge in [0.05, 0.1) is 0 Å². The van der Waals surface area contributed by atoms with Crippen molar-refractivity contribution in [1.82, 2.24) is 20.3 Å². The van der Waals surface area contributed by atoms with Crippen molar-refractivity contribution in [3.63, 3.8) is 0 Å². The van der Waals surface area contributed by atoms with Gasteiger partial charge in [-0.2, -0.15) is 9.97 Å². The number of nitrogens with zero attached hydrogens (tertiary/aromatic N) is 4. The van der Waals surface area contributed by atoms with Crippen LogP contribution in [-0.2, 0) is 6.42 Å². The lowest BCUT2D eigenvalue weighted by molar-refractivity contribution is 0.380. The number of aromatic nitrogens is 4. The van der Waals surface area contributed by atoms with Crippen LogP contribution in [0.15, 0.2) is 33.3 Å². The number of hydrogen-bond acceptors (Lipinski definition) is 6. The number of aryl methyl sites for hydroxylation is 1. The molecule has 0 amide bonds. The Kier molecular flexibility index (Phi) is 3.00. The van der Waals surface area contributed by atoms with Crippen LogP contribution in [0.5, 0.6) is 0 Å². The van der Waals surface area contributed by atoms with E-state index in [9.17, 15) is 0 Å². The molecule has 0 aliphatic carbocycles. The molecule has 1 aromatic carbocycles. The van der Waals surface area contributed by atoms with Crippen LogP contribution in [-0.4, -0.2) is 20.3 Å². The molecular weight excluding hydrogens is 268 g/mol. The predicted octanol–water partition coefficient (Wildman–Crippen LogP) is 3.00. The smallest absolute Gasteiger partial charge is 0.316 e. The SMILES string of the molecule is CCc1noc(-c2nc(-c3cccc(Cl)c3)no2)n1. The molecule has 2 aromatic heterocycles. The van der Waals surface area contributed by atoms with Crippen LogP contribution in [0.2, 0.25) is 5.02 Å². The Bertz CT molecular complexity index is 707. The zero-order valence-electron chi connectivity index (χ0n) is 10.00. The van der Waals surface area contributed by atoms with Gasteiger partial charge in [-0.15, -0.1) is 0 Å². The second-order valence-electron chi connectivity index (χ2n) is 3.80. The van der Waals surface area contributed by atoms with Gasteiger partial charge in [-0.05, 0) is 12.1 Å². The van der Waals surface area contributed by atoms with E-state index in [1.54, 1.807) is 12.1 Å². The highest BCUT2D eigenvalue weighted by Gasteiger charge is 2.16. The molecule has 19 heavy (non-hydrogen) atoms. The van der Waals surface area contributed by atoms with Gasteiger partial charge in [0.2, 0.25) is 5.82 Å². The van der Waals surface area contributed by atoms with E-state index in [1.807, 2.05) is 19.1 Å². The van der Waals surface area contributed by atoms with Crippen LogP contribution in [0.1, 0.15) is 12.7 Å². The zero-order chi connectivity index (χ0) is 13.2. The standard InChI is InChI=1S/C12H9ClN4O2/c1-2-9-14-11(18-16-9)12-15-10(17-19-12)7-4-3-5-8(13)6-7/h3-6H,2H2,1H3. The summed E-state index contributed by atoms with van der Waals surface area (Å²) in [4.78, 5) is 8.33. The summed E-state index contributed by atoms with van der Waals surface area (Å²) >= 11 is 5.91. The zero-order valence-corrected chi connectivity index (χ0v) is 10.8. The summed E-state index contributed by atoms with van der Waals surface area (Å²) in [5.74, 6) is 1.44. The Labute approximate surface area is 113 Å². The molecule has 2 heterocycles. The van der Waals surface area contributed by atoms with E-state index in [2.05, 4.69) is 20.3 Å². The lowest BCUT2D eigenvalue weighted by Gasteiger charge is -1.93. The summed E-state index contributed by atoms with van der Waals surface area (Å²) in [7, 11) is 0. The third kappa shape index (κ3) is 2.34. The Balaban J connectivity index is 1.95. The third-order valence-electron chi connectivity index (χ3n) is 2.48. The maximum Gasteiger partial charge on any atom is 0.316 e. The molecule has 0 bridgehead atoms. The molecule has 6 nitrogen and oxygen atoms in total. The van der Waals surface area contributed by atoms with Crippen molar-refractivity contribution in [2.24, 2.45) is 0 Å². The minimum absolute atomic E-state index is 0.196. The molecule has 3 rings (SSSR count). The summed E-state index contributed by atoms with van der Waals surface area (Å²) in [5.41, 5.74) is 0.762. The summed E-state index contributed by atoms with van der Waals surface area (Å²) in [5, 5.41) is 8.25. The minimum atomic E-state index is 0.196. The third-order valence-corrected chi connectivity index (χ3v) is 2.71. The molecule has 0 N–H and O–H groups in total. The monoisotopic (exact) mass is 276 g/mol. The normalized spacial score (nSPS) is 10.8. The average molecular weight is 277 g/mol. The van der Waals surface area contributed by atoms with Crippen molar-refractivity contribution in [3.05, 3.63) is 35.1 Å². The Morgan fingerprint density at radius 3 is 2.63 bits per heavy atom.